The van der Waals surface area contributed by atoms with Crippen molar-refractivity contribution in [3.05, 3.63) is 55.7 Å². The Kier molecular flexibility index (Phi) is 5.42. The Labute approximate surface area is 134 Å². The van der Waals surface area contributed by atoms with Gasteiger partial charge in [0.25, 0.3) is 0 Å². The Bertz CT molecular complexity index is 557. The van der Waals surface area contributed by atoms with E-state index >= 15 is 0 Å². The van der Waals surface area contributed by atoms with Gasteiger partial charge in [-0.3, -0.25) is 0 Å². The molecule has 1 unspecified atom stereocenters. The molecule has 1 heterocycles. The molecular formula is C17H22BrNS. The van der Waals surface area contributed by atoms with E-state index in [-0.39, 0.29) is 6.04 Å². The fraction of sp³-hybridized carbons (Fsp3) is 0.412. The first-order chi connectivity index (χ1) is 9.52. The van der Waals surface area contributed by atoms with Crippen molar-refractivity contribution in [3.63, 3.8) is 0 Å². The van der Waals surface area contributed by atoms with Crippen LogP contribution in [0.1, 0.15) is 54.3 Å². The minimum atomic E-state index is 0.281. The predicted octanol–water partition coefficient (Wildman–Crippen LogP) is 5.64. The van der Waals surface area contributed by atoms with Crippen LogP contribution < -0.4 is 5.32 Å². The first kappa shape index (κ1) is 15.7. The van der Waals surface area contributed by atoms with Gasteiger partial charge >= 0.3 is 0 Å². The van der Waals surface area contributed by atoms with E-state index in [1.54, 1.807) is 11.3 Å². The average Bonchev–Trinajstić information content (AvgIpc) is 2.75. The number of aryl methyl sites for hydroxylation is 1. The van der Waals surface area contributed by atoms with Gasteiger partial charge in [0.2, 0.25) is 0 Å². The summed E-state index contributed by atoms with van der Waals surface area (Å²) in [5, 5.41) is 3.60. The molecule has 0 aliphatic carbocycles. The van der Waals surface area contributed by atoms with Gasteiger partial charge in [0.15, 0.2) is 0 Å². The topological polar surface area (TPSA) is 12.0 Å². The smallest absolute Gasteiger partial charge is 0.0704 e. The van der Waals surface area contributed by atoms with Crippen molar-refractivity contribution in [2.24, 2.45) is 0 Å². The van der Waals surface area contributed by atoms with Crippen LogP contribution in [0.25, 0.3) is 0 Å². The monoisotopic (exact) mass is 351 g/mol. The zero-order valence-electron chi connectivity index (χ0n) is 12.5. The quantitative estimate of drug-likeness (QED) is 0.734. The predicted molar refractivity (Wildman–Crippen MR) is 92.8 cm³/mol. The van der Waals surface area contributed by atoms with Crippen LogP contribution in [0.4, 0.5) is 0 Å². The molecule has 3 heteroatoms. The summed E-state index contributed by atoms with van der Waals surface area (Å²) >= 11 is 5.40. The van der Waals surface area contributed by atoms with E-state index in [1.807, 2.05) is 0 Å². The molecule has 0 amide bonds. The highest BCUT2D eigenvalue weighted by Gasteiger charge is 2.17. The molecule has 1 aromatic carbocycles. The lowest BCUT2D eigenvalue weighted by molar-refractivity contribution is 0.629. The van der Waals surface area contributed by atoms with Gasteiger partial charge in [0.1, 0.15) is 0 Å². The van der Waals surface area contributed by atoms with E-state index in [1.165, 1.54) is 25.4 Å². The highest BCUT2D eigenvalue weighted by Crippen LogP contribution is 2.34. The maximum atomic E-state index is 3.60. The molecule has 1 N–H and O–H groups in total. The van der Waals surface area contributed by atoms with E-state index in [2.05, 4.69) is 79.3 Å². The molecule has 0 fully saturated rings. The van der Waals surface area contributed by atoms with Crippen molar-refractivity contribution >= 4 is 27.3 Å². The molecule has 0 bridgehead atoms. The summed E-state index contributed by atoms with van der Waals surface area (Å²) in [6.07, 6.45) is 0. The Hall–Kier alpha value is -0.640. The zero-order chi connectivity index (χ0) is 14.7. The van der Waals surface area contributed by atoms with Crippen molar-refractivity contribution in [1.82, 2.24) is 5.32 Å². The average molecular weight is 352 g/mol. The van der Waals surface area contributed by atoms with Crippen LogP contribution in [-0.2, 0) is 0 Å². The third-order valence-electron chi connectivity index (χ3n) is 3.58. The Morgan fingerprint density at radius 2 is 1.75 bits per heavy atom. The number of thiophene rings is 1. The molecule has 20 heavy (non-hydrogen) atoms. The number of nitrogens with one attached hydrogen (secondary N) is 1. The van der Waals surface area contributed by atoms with Crippen molar-refractivity contribution in [2.45, 2.75) is 39.7 Å². The Balaban J connectivity index is 2.35. The molecule has 1 aromatic heterocycles. The van der Waals surface area contributed by atoms with Crippen molar-refractivity contribution in [2.75, 3.05) is 6.54 Å². The van der Waals surface area contributed by atoms with E-state index in [0.29, 0.717) is 5.92 Å². The van der Waals surface area contributed by atoms with Gasteiger partial charge in [-0.2, -0.15) is 0 Å². The van der Waals surface area contributed by atoms with Gasteiger partial charge in [-0.25, -0.2) is 0 Å². The largest absolute Gasteiger partial charge is 0.306 e. The second-order valence-corrected chi connectivity index (χ2v) is 8.01. The number of hydrogen-bond donors (Lipinski definition) is 1. The summed E-state index contributed by atoms with van der Waals surface area (Å²) < 4.78 is 1.20. The number of rotatable bonds is 5. The van der Waals surface area contributed by atoms with Gasteiger partial charge < -0.3 is 5.32 Å². The first-order valence-corrected chi connectivity index (χ1v) is 8.73. The standard InChI is InChI=1S/C17H22BrNS/c1-5-19-17(15-10-16(18)20-12(15)4)14-8-6-13(7-9-14)11(2)3/h6-11,17,19H,5H2,1-4H3. The summed E-state index contributed by atoms with van der Waals surface area (Å²) in [5.74, 6) is 0.582. The maximum Gasteiger partial charge on any atom is 0.0704 e. The van der Waals surface area contributed by atoms with Gasteiger partial charge in [-0.1, -0.05) is 45.0 Å². The molecule has 2 rings (SSSR count). The summed E-state index contributed by atoms with van der Waals surface area (Å²) in [4.78, 5) is 1.37. The lowest BCUT2D eigenvalue weighted by Crippen LogP contribution is -2.22. The van der Waals surface area contributed by atoms with Gasteiger partial charge in [0, 0.05) is 4.88 Å². The molecule has 0 radical (unpaired) electrons. The van der Waals surface area contributed by atoms with Crippen LogP contribution in [0.2, 0.25) is 0 Å². The third-order valence-corrected chi connectivity index (χ3v) is 5.15. The summed E-state index contributed by atoms with van der Waals surface area (Å²) in [6.45, 7) is 9.78. The van der Waals surface area contributed by atoms with Crippen molar-refractivity contribution in [3.8, 4) is 0 Å². The van der Waals surface area contributed by atoms with Crippen molar-refractivity contribution < 1.29 is 0 Å². The first-order valence-electron chi connectivity index (χ1n) is 7.12. The second kappa shape index (κ2) is 6.88. The molecule has 108 valence electrons. The zero-order valence-corrected chi connectivity index (χ0v) is 14.9. The number of benzene rings is 1. The van der Waals surface area contributed by atoms with Crippen LogP contribution in [0, 0.1) is 6.92 Å². The highest BCUT2D eigenvalue weighted by molar-refractivity contribution is 9.11. The molecular weight excluding hydrogens is 330 g/mol. The van der Waals surface area contributed by atoms with Gasteiger partial charge in [-0.15, -0.1) is 11.3 Å². The van der Waals surface area contributed by atoms with E-state index in [0.717, 1.165) is 6.54 Å². The SMILES string of the molecule is CCNC(c1ccc(C(C)C)cc1)c1cc(Br)sc1C. The molecule has 1 nitrogen and oxygen atoms in total. The van der Waals surface area contributed by atoms with Gasteiger partial charge in [-0.05, 0) is 58.1 Å². The fourth-order valence-electron chi connectivity index (χ4n) is 2.43. The Morgan fingerprint density at radius 3 is 2.20 bits per heavy atom. The third kappa shape index (κ3) is 3.51. The lowest BCUT2D eigenvalue weighted by Gasteiger charge is -2.19. The molecule has 2 aromatic rings. The highest BCUT2D eigenvalue weighted by atomic mass is 79.9. The lowest BCUT2D eigenvalue weighted by atomic mass is 9.95. The molecule has 0 aliphatic rings. The maximum absolute atomic E-state index is 3.60. The molecule has 0 aliphatic heterocycles. The summed E-state index contributed by atoms with van der Waals surface area (Å²) in [5.41, 5.74) is 4.11. The van der Waals surface area contributed by atoms with Crippen LogP contribution in [0.15, 0.2) is 34.1 Å². The Morgan fingerprint density at radius 1 is 1.15 bits per heavy atom. The van der Waals surface area contributed by atoms with E-state index in [9.17, 15) is 0 Å². The molecule has 0 saturated carbocycles. The van der Waals surface area contributed by atoms with Crippen LogP contribution in [0.5, 0.6) is 0 Å². The van der Waals surface area contributed by atoms with E-state index < -0.39 is 0 Å². The second-order valence-electron chi connectivity index (χ2n) is 5.37. The molecule has 0 saturated heterocycles. The minimum Gasteiger partial charge on any atom is -0.306 e. The fourth-order valence-corrected chi connectivity index (χ4v) is 4.18. The summed E-state index contributed by atoms with van der Waals surface area (Å²) in [7, 11) is 0. The van der Waals surface area contributed by atoms with Crippen LogP contribution in [0.3, 0.4) is 0 Å². The number of hydrogen-bond acceptors (Lipinski definition) is 2. The van der Waals surface area contributed by atoms with Crippen LogP contribution >= 0.6 is 27.3 Å². The van der Waals surface area contributed by atoms with Gasteiger partial charge in [0.05, 0.1) is 9.83 Å². The van der Waals surface area contributed by atoms with Crippen molar-refractivity contribution in [1.29, 1.82) is 0 Å². The molecule has 0 spiro atoms. The molecule has 1 atom stereocenters. The van der Waals surface area contributed by atoms with Crippen LogP contribution in [-0.4, -0.2) is 6.54 Å². The minimum absolute atomic E-state index is 0.281. The normalized spacial score (nSPS) is 12.9. The summed E-state index contributed by atoms with van der Waals surface area (Å²) in [6, 6.07) is 11.5. The van der Waals surface area contributed by atoms with E-state index in [4.69, 9.17) is 0 Å². The number of halogens is 1.